The summed E-state index contributed by atoms with van der Waals surface area (Å²) in [6, 6.07) is 3.75. The van der Waals surface area contributed by atoms with Crippen LogP contribution in [0, 0.1) is 17.8 Å². The molecule has 0 saturated heterocycles. The Hall–Kier alpha value is -1.77. The van der Waals surface area contributed by atoms with E-state index in [2.05, 4.69) is 29.6 Å². The zero-order valence-electron chi connectivity index (χ0n) is 13.0. The zero-order valence-corrected chi connectivity index (χ0v) is 13.0. The molecule has 0 aliphatic heterocycles. The van der Waals surface area contributed by atoms with E-state index in [4.69, 9.17) is 4.42 Å². The third kappa shape index (κ3) is 3.90. The maximum Gasteiger partial charge on any atom is 0.224 e. The summed E-state index contributed by atoms with van der Waals surface area (Å²) in [5.41, 5.74) is 0. The summed E-state index contributed by atoms with van der Waals surface area (Å²) in [7, 11) is 0. The van der Waals surface area contributed by atoms with Crippen LogP contribution in [0.25, 0.3) is 0 Å². The molecule has 2 atom stereocenters. The highest BCUT2D eigenvalue weighted by atomic mass is 16.3. The maximum absolute atomic E-state index is 12.4. The Morgan fingerprint density at radius 3 is 2.27 bits per heavy atom. The van der Waals surface area contributed by atoms with Crippen molar-refractivity contribution in [1.29, 1.82) is 0 Å². The van der Waals surface area contributed by atoms with Crippen LogP contribution in [0.15, 0.2) is 47.1 Å². The molecule has 1 amide bonds. The molecule has 1 fully saturated rings. The van der Waals surface area contributed by atoms with Gasteiger partial charge in [0.05, 0.1) is 12.8 Å². The number of hydrogen-bond donors (Lipinski definition) is 1. The third-order valence-electron chi connectivity index (χ3n) is 4.82. The van der Waals surface area contributed by atoms with Gasteiger partial charge in [-0.25, -0.2) is 0 Å². The number of fused-ring (bicyclic) bond motifs is 1. The van der Waals surface area contributed by atoms with Crippen molar-refractivity contribution in [2.75, 3.05) is 0 Å². The molecule has 2 aliphatic rings. The molecule has 0 aromatic carbocycles. The van der Waals surface area contributed by atoms with Crippen molar-refractivity contribution in [3.63, 3.8) is 0 Å². The molecular formula is C19H25NO2. The summed E-state index contributed by atoms with van der Waals surface area (Å²) in [5, 5.41) is 3.03. The largest absolute Gasteiger partial charge is 0.467 e. The minimum absolute atomic E-state index is 0.203. The third-order valence-corrected chi connectivity index (χ3v) is 4.82. The Morgan fingerprint density at radius 1 is 1.05 bits per heavy atom. The summed E-state index contributed by atoms with van der Waals surface area (Å²) in [5.74, 6) is 2.36. The highest BCUT2D eigenvalue weighted by molar-refractivity contribution is 5.82. The van der Waals surface area contributed by atoms with Crippen molar-refractivity contribution in [1.82, 2.24) is 5.32 Å². The number of hydrogen-bond acceptors (Lipinski definition) is 2. The lowest BCUT2D eigenvalue weighted by Gasteiger charge is -2.02. The van der Waals surface area contributed by atoms with Gasteiger partial charge < -0.3 is 9.73 Å². The number of carbonyl (C=O) groups is 1. The molecule has 1 saturated carbocycles. The Labute approximate surface area is 132 Å². The number of carbonyl (C=O) groups excluding carboxylic acids is 1. The molecular weight excluding hydrogens is 274 g/mol. The van der Waals surface area contributed by atoms with Crippen molar-refractivity contribution >= 4 is 5.91 Å². The molecule has 1 N–H and O–H groups in total. The minimum Gasteiger partial charge on any atom is -0.467 e. The number of furan rings is 1. The van der Waals surface area contributed by atoms with Gasteiger partial charge in [0.1, 0.15) is 5.76 Å². The second-order valence-electron chi connectivity index (χ2n) is 6.33. The highest BCUT2D eigenvalue weighted by Gasteiger charge is 2.52. The van der Waals surface area contributed by atoms with E-state index in [1.165, 1.54) is 0 Å². The first-order chi connectivity index (χ1) is 10.9. The first-order valence-corrected chi connectivity index (χ1v) is 8.46. The fraction of sp³-hybridized carbons (Fsp3) is 0.526. The fourth-order valence-corrected chi connectivity index (χ4v) is 3.57. The van der Waals surface area contributed by atoms with Gasteiger partial charge in [-0.15, -0.1) is 0 Å². The molecule has 0 spiro atoms. The van der Waals surface area contributed by atoms with Crippen LogP contribution in [0.2, 0.25) is 0 Å². The van der Waals surface area contributed by atoms with Gasteiger partial charge in [0.25, 0.3) is 0 Å². The van der Waals surface area contributed by atoms with Gasteiger partial charge in [0.15, 0.2) is 0 Å². The molecule has 3 nitrogen and oxygen atoms in total. The molecule has 2 unspecified atom stereocenters. The van der Waals surface area contributed by atoms with E-state index < -0.39 is 0 Å². The summed E-state index contributed by atoms with van der Waals surface area (Å²) in [4.78, 5) is 12.4. The van der Waals surface area contributed by atoms with Crippen LogP contribution in [0.1, 0.15) is 44.3 Å². The van der Waals surface area contributed by atoms with E-state index in [9.17, 15) is 4.79 Å². The van der Waals surface area contributed by atoms with Crippen LogP contribution in [-0.4, -0.2) is 5.91 Å². The zero-order chi connectivity index (χ0) is 15.2. The molecule has 0 bridgehead atoms. The molecule has 2 aliphatic carbocycles. The van der Waals surface area contributed by atoms with Gasteiger partial charge in [-0.3, -0.25) is 4.79 Å². The van der Waals surface area contributed by atoms with Gasteiger partial charge in [0, 0.05) is 5.92 Å². The van der Waals surface area contributed by atoms with E-state index >= 15 is 0 Å². The minimum atomic E-state index is 0.203. The monoisotopic (exact) mass is 299 g/mol. The van der Waals surface area contributed by atoms with E-state index in [1.807, 2.05) is 12.1 Å². The number of rotatable bonds is 3. The molecule has 118 valence electrons. The van der Waals surface area contributed by atoms with Crippen molar-refractivity contribution in [3.05, 3.63) is 48.5 Å². The average molecular weight is 299 g/mol. The quantitative estimate of drug-likeness (QED) is 0.849. The Kier molecular flexibility index (Phi) is 5.15. The van der Waals surface area contributed by atoms with Crippen LogP contribution in [0.5, 0.6) is 0 Å². The molecule has 1 aromatic rings. The smallest absolute Gasteiger partial charge is 0.224 e. The first-order valence-electron chi connectivity index (χ1n) is 8.46. The Bertz CT molecular complexity index is 506. The second kappa shape index (κ2) is 7.48. The predicted molar refractivity (Wildman–Crippen MR) is 87.0 cm³/mol. The predicted octanol–water partition coefficient (Wildman–Crippen LogP) is 4.22. The molecule has 3 rings (SSSR count). The first kappa shape index (κ1) is 15.1. The summed E-state index contributed by atoms with van der Waals surface area (Å²) in [6.07, 6.45) is 17.5. The molecule has 0 radical (unpaired) electrons. The summed E-state index contributed by atoms with van der Waals surface area (Å²) < 4.78 is 5.27. The van der Waals surface area contributed by atoms with Gasteiger partial charge in [0.2, 0.25) is 5.91 Å². The SMILES string of the molecule is O=C(NCc1ccco1)C1C2CC/C=C\CC/C=C\CCC21. The summed E-state index contributed by atoms with van der Waals surface area (Å²) >= 11 is 0. The van der Waals surface area contributed by atoms with Crippen molar-refractivity contribution in [2.45, 2.75) is 45.1 Å². The lowest BCUT2D eigenvalue weighted by molar-refractivity contribution is -0.123. The van der Waals surface area contributed by atoms with Gasteiger partial charge in [-0.05, 0) is 62.5 Å². The molecule has 1 heterocycles. The Morgan fingerprint density at radius 2 is 1.68 bits per heavy atom. The second-order valence-corrected chi connectivity index (χ2v) is 6.33. The standard InChI is InChI=1S/C19H25NO2/c21-19(20-14-15-10-9-13-22-15)18-16-11-7-5-3-1-2-4-6-8-12-17(16)18/h3-6,9-10,13,16-18H,1-2,7-8,11-12,14H2,(H,20,21)/b5-3-,6-4-. The van der Waals surface area contributed by atoms with Crippen molar-refractivity contribution < 1.29 is 9.21 Å². The van der Waals surface area contributed by atoms with Crippen molar-refractivity contribution in [3.8, 4) is 0 Å². The summed E-state index contributed by atoms with van der Waals surface area (Å²) in [6.45, 7) is 0.502. The van der Waals surface area contributed by atoms with Crippen LogP contribution in [0.4, 0.5) is 0 Å². The fourth-order valence-electron chi connectivity index (χ4n) is 3.57. The van der Waals surface area contributed by atoms with Gasteiger partial charge >= 0.3 is 0 Å². The average Bonchev–Trinajstić information content (AvgIpc) is 2.95. The number of amides is 1. The molecule has 3 heteroatoms. The number of allylic oxidation sites excluding steroid dienone is 4. The van der Waals surface area contributed by atoms with Crippen LogP contribution < -0.4 is 5.32 Å². The normalized spacial score (nSPS) is 31.2. The number of nitrogens with one attached hydrogen (secondary N) is 1. The van der Waals surface area contributed by atoms with Crippen LogP contribution in [0.3, 0.4) is 0 Å². The van der Waals surface area contributed by atoms with Crippen LogP contribution in [-0.2, 0) is 11.3 Å². The highest BCUT2D eigenvalue weighted by Crippen LogP contribution is 2.52. The van der Waals surface area contributed by atoms with E-state index in [-0.39, 0.29) is 11.8 Å². The molecule has 1 aromatic heterocycles. The molecule has 22 heavy (non-hydrogen) atoms. The Balaban J connectivity index is 1.53. The lowest BCUT2D eigenvalue weighted by Crippen LogP contribution is -2.25. The maximum atomic E-state index is 12.4. The van der Waals surface area contributed by atoms with E-state index in [1.54, 1.807) is 6.26 Å². The van der Waals surface area contributed by atoms with Gasteiger partial charge in [-0.2, -0.15) is 0 Å². The van der Waals surface area contributed by atoms with Crippen LogP contribution >= 0.6 is 0 Å². The lowest BCUT2D eigenvalue weighted by atomic mass is 10.1. The van der Waals surface area contributed by atoms with Gasteiger partial charge in [-0.1, -0.05) is 24.3 Å². The topological polar surface area (TPSA) is 42.2 Å². The van der Waals surface area contributed by atoms with E-state index in [0.29, 0.717) is 18.4 Å². The van der Waals surface area contributed by atoms with Crippen molar-refractivity contribution in [2.24, 2.45) is 17.8 Å². The van der Waals surface area contributed by atoms with E-state index in [0.717, 1.165) is 44.3 Å².